The Hall–Kier alpha value is -1.42. The summed E-state index contributed by atoms with van der Waals surface area (Å²) in [5.41, 5.74) is 2.09. The number of fused-ring (bicyclic) bond motifs is 1. The number of aromatic nitrogens is 3. The van der Waals surface area contributed by atoms with Gasteiger partial charge in [0.05, 0.1) is 0 Å². The van der Waals surface area contributed by atoms with Gasteiger partial charge in [-0.1, -0.05) is 6.92 Å². The molecule has 3 heterocycles. The van der Waals surface area contributed by atoms with E-state index in [1.165, 1.54) is 25.2 Å². The lowest BCUT2D eigenvalue weighted by Crippen LogP contribution is -2.32. The average molecular weight is 258 g/mol. The van der Waals surface area contributed by atoms with Crippen LogP contribution in [-0.2, 0) is 13.0 Å². The Labute approximate surface area is 114 Å². The minimum Gasteiger partial charge on any atom is -0.316 e. The van der Waals surface area contributed by atoms with E-state index >= 15 is 0 Å². The van der Waals surface area contributed by atoms with Crippen LogP contribution in [0.5, 0.6) is 0 Å². The molecule has 1 fully saturated rings. The van der Waals surface area contributed by atoms with Gasteiger partial charge in [0.1, 0.15) is 11.3 Å². The van der Waals surface area contributed by atoms with Crippen molar-refractivity contribution >= 4 is 11.2 Å². The number of pyridine rings is 1. The van der Waals surface area contributed by atoms with Crippen molar-refractivity contribution in [2.45, 2.75) is 39.2 Å². The lowest BCUT2D eigenvalue weighted by atomic mass is 9.99. The van der Waals surface area contributed by atoms with Crippen LogP contribution in [0.1, 0.15) is 32.0 Å². The molecule has 19 heavy (non-hydrogen) atoms. The van der Waals surface area contributed by atoms with Crippen molar-refractivity contribution in [1.29, 1.82) is 0 Å². The molecule has 0 radical (unpaired) electrons. The summed E-state index contributed by atoms with van der Waals surface area (Å²) in [6.07, 6.45) is 6.64. The number of hydrogen-bond donors (Lipinski definition) is 1. The van der Waals surface area contributed by atoms with Gasteiger partial charge in [0, 0.05) is 19.2 Å². The molecule has 4 heteroatoms. The maximum atomic E-state index is 4.75. The summed E-state index contributed by atoms with van der Waals surface area (Å²) in [6, 6.07) is 4.04. The number of imidazole rings is 1. The quantitative estimate of drug-likeness (QED) is 0.915. The molecule has 0 saturated carbocycles. The highest BCUT2D eigenvalue weighted by Crippen LogP contribution is 2.19. The van der Waals surface area contributed by atoms with Gasteiger partial charge in [0.25, 0.3) is 0 Å². The minimum absolute atomic E-state index is 0.712. The molecule has 1 saturated heterocycles. The molecular formula is C15H22N4. The maximum absolute atomic E-state index is 4.75. The summed E-state index contributed by atoms with van der Waals surface area (Å²) in [5, 5.41) is 3.49. The molecule has 1 aliphatic heterocycles. The topological polar surface area (TPSA) is 42.7 Å². The van der Waals surface area contributed by atoms with Crippen LogP contribution in [0.2, 0.25) is 0 Å². The van der Waals surface area contributed by atoms with Crippen molar-refractivity contribution in [3.8, 4) is 0 Å². The van der Waals surface area contributed by atoms with Crippen molar-refractivity contribution in [2.24, 2.45) is 5.92 Å². The molecule has 0 aromatic carbocycles. The molecule has 0 bridgehead atoms. The summed E-state index contributed by atoms with van der Waals surface area (Å²) in [6.45, 7) is 5.55. The van der Waals surface area contributed by atoms with Crippen LogP contribution in [-0.4, -0.2) is 27.6 Å². The standard InChI is InChI=1S/C15H22N4/c1-2-5-14-18-13-7-4-9-17-15(13)19(14)11-12-6-3-8-16-10-12/h4,7,9,12,16H,2-3,5-6,8,10-11H2,1H3. The Bertz CT molecular complexity index is 540. The van der Waals surface area contributed by atoms with Crippen molar-refractivity contribution in [2.75, 3.05) is 13.1 Å². The molecule has 3 rings (SSSR count). The second-order valence-corrected chi connectivity index (χ2v) is 5.45. The summed E-state index contributed by atoms with van der Waals surface area (Å²) >= 11 is 0. The number of aryl methyl sites for hydroxylation is 1. The van der Waals surface area contributed by atoms with Crippen LogP contribution in [0, 0.1) is 5.92 Å². The molecule has 2 aromatic heterocycles. The monoisotopic (exact) mass is 258 g/mol. The number of rotatable bonds is 4. The Morgan fingerprint density at radius 3 is 3.21 bits per heavy atom. The Morgan fingerprint density at radius 2 is 2.42 bits per heavy atom. The summed E-state index contributed by atoms with van der Waals surface area (Å²) in [5.74, 6) is 1.91. The second-order valence-electron chi connectivity index (χ2n) is 5.45. The van der Waals surface area contributed by atoms with E-state index in [0.29, 0.717) is 5.92 Å². The number of nitrogens with zero attached hydrogens (tertiary/aromatic N) is 3. The van der Waals surface area contributed by atoms with Crippen LogP contribution < -0.4 is 5.32 Å². The SMILES string of the molecule is CCCc1nc2cccnc2n1CC1CCCNC1. The van der Waals surface area contributed by atoms with E-state index < -0.39 is 0 Å². The first-order chi connectivity index (χ1) is 9.38. The maximum Gasteiger partial charge on any atom is 0.159 e. The lowest BCUT2D eigenvalue weighted by molar-refractivity contribution is 0.336. The van der Waals surface area contributed by atoms with E-state index in [-0.39, 0.29) is 0 Å². The van der Waals surface area contributed by atoms with E-state index in [2.05, 4.69) is 27.9 Å². The Kier molecular flexibility index (Phi) is 3.78. The molecule has 2 aromatic rings. The third-order valence-corrected chi connectivity index (χ3v) is 3.90. The van der Waals surface area contributed by atoms with Gasteiger partial charge in [-0.05, 0) is 50.4 Å². The first-order valence-electron chi connectivity index (χ1n) is 7.39. The Morgan fingerprint density at radius 1 is 1.47 bits per heavy atom. The highest BCUT2D eigenvalue weighted by Gasteiger charge is 2.17. The van der Waals surface area contributed by atoms with Crippen LogP contribution in [0.4, 0.5) is 0 Å². The smallest absolute Gasteiger partial charge is 0.159 e. The van der Waals surface area contributed by atoms with Gasteiger partial charge in [-0.25, -0.2) is 9.97 Å². The molecule has 0 spiro atoms. The minimum atomic E-state index is 0.712. The highest BCUT2D eigenvalue weighted by molar-refractivity contribution is 5.71. The van der Waals surface area contributed by atoms with E-state index in [1.807, 2.05) is 12.3 Å². The normalized spacial score (nSPS) is 19.9. The van der Waals surface area contributed by atoms with Crippen molar-refractivity contribution in [3.63, 3.8) is 0 Å². The Balaban J connectivity index is 1.92. The molecule has 1 N–H and O–H groups in total. The zero-order valence-electron chi connectivity index (χ0n) is 11.6. The summed E-state index contributed by atoms with van der Waals surface area (Å²) < 4.78 is 2.34. The predicted molar refractivity (Wildman–Crippen MR) is 77.1 cm³/mol. The number of piperidine rings is 1. The predicted octanol–water partition coefficient (Wildman–Crippen LogP) is 2.38. The zero-order chi connectivity index (χ0) is 13.1. The third-order valence-electron chi connectivity index (χ3n) is 3.90. The molecule has 1 unspecified atom stereocenters. The van der Waals surface area contributed by atoms with Gasteiger partial charge in [0.15, 0.2) is 5.65 Å². The fourth-order valence-corrected chi connectivity index (χ4v) is 2.95. The third kappa shape index (κ3) is 2.63. The highest BCUT2D eigenvalue weighted by atomic mass is 15.1. The average Bonchev–Trinajstić information content (AvgIpc) is 2.79. The van der Waals surface area contributed by atoms with Crippen LogP contribution in [0.3, 0.4) is 0 Å². The molecule has 0 amide bonds. The van der Waals surface area contributed by atoms with Crippen LogP contribution in [0.15, 0.2) is 18.3 Å². The van der Waals surface area contributed by atoms with E-state index in [1.54, 1.807) is 0 Å². The van der Waals surface area contributed by atoms with E-state index in [0.717, 1.165) is 37.1 Å². The van der Waals surface area contributed by atoms with Crippen molar-refractivity contribution < 1.29 is 0 Å². The molecule has 1 atom stereocenters. The molecule has 1 aliphatic rings. The summed E-state index contributed by atoms with van der Waals surface area (Å²) in [7, 11) is 0. The van der Waals surface area contributed by atoms with Gasteiger partial charge in [-0.3, -0.25) is 0 Å². The van der Waals surface area contributed by atoms with Gasteiger partial charge in [-0.2, -0.15) is 0 Å². The van der Waals surface area contributed by atoms with Crippen molar-refractivity contribution in [1.82, 2.24) is 19.9 Å². The molecule has 102 valence electrons. The molecule has 4 nitrogen and oxygen atoms in total. The van der Waals surface area contributed by atoms with E-state index in [9.17, 15) is 0 Å². The first-order valence-corrected chi connectivity index (χ1v) is 7.39. The first kappa shape index (κ1) is 12.6. The van der Waals surface area contributed by atoms with E-state index in [4.69, 9.17) is 4.98 Å². The van der Waals surface area contributed by atoms with Gasteiger partial charge < -0.3 is 9.88 Å². The largest absolute Gasteiger partial charge is 0.316 e. The van der Waals surface area contributed by atoms with Gasteiger partial charge in [-0.15, -0.1) is 0 Å². The number of nitrogens with one attached hydrogen (secondary N) is 1. The van der Waals surface area contributed by atoms with Gasteiger partial charge in [0.2, 0.25) is 0 Å². The van der Waals surface area contributed by atoms with Crippen LogP contribution in [0.25, 0.3) is 11.2 Å². The fraction of sp³-hybridized carbons (Fsp3) is 0.600. The fourth-order valence-electron chi connectivity index (χ4n) is 2.95. The van der Waals surface area contributed by atoms with Gasteiger partial charge >= 0.3 is 0 Å². The molecular weight excluding hydrogens is 236 g/mol. The van der Waals surface area contributed by atoms with Crippen molar-refractivity contribution in [3.05, 3.63) is 24.2 Å². The summed E-state index contributed by atoms with van der Waals surface area (Å²) in [4.78, 5) is 9.28. The lowest BCUT2D eigenvalue weighted by Gasteiger charge is -2.24. The second kappa shape index (κ2) is 5.70. The zero-order valence-corrected chi connectivity index (χ0v) is 11.6. The van der Waals surface area contributed by atoms with Crippen LogP contribution >= 0.6 is 0 Å². The molecule has 0 aliphatic carbocycles. The number of hydrogen-bond acceptors (Lipinski definition) is 3.